The smallest absolute Gasteiger partial charge is 0.230 e. The molecule has 3 aromatic rings. The third-order valence-electron chi connectivity index (χ3n) is 4.40. The number of halogens is 2. The van der Waals surface area contributed by atoms with E-state index < -0.39 is 0 Å². The number of rotatable bonds is 6. The average Bonchev–Trinajstić information content (AvgIpc) is 2.91. The molecule has 26 heavy (non-hydrogen) atoms. The van der Waals surface area contributed by atoms with Gasteiger partial charge in [0.15, 0.2) is 5.65 Å². The number of fused-ring (bicyclic) bond motifs is 1. The molecule has 0 N–H and O–H groups in total. The minimum absolute atomic E-state index is 0.589. The van der Waals surface area contributed by atoms with Gasteiger partial charge in [0.05, 0.1) is 16.3 Å². The molecule has 0 amide bonds. The number of aromatic nitrogens is 4. The van der Waals surface area contributed by atoms with E-state index in [-0.39, 0.29) is 0 Å². The van der Waals surface area contributed by atoms with Gasteiger partial charge in [-0.25, -0.2) is 4.98 Å². The van der Waals surface area contributed by atoms with Gasteiger partial charge in [-0.2, -0.15) is 14.6 Å². The Kier molecular flexibility index (Phi) is 5.68. The van der Waals surface area contributed by atoms with Crippen LogP contribution in [0.5, 0.6) is 0 Å². The van der Waals surface area contributed by atoms with Crippen LogP contribution < -0.4 is 4.90 Å². The van der Waals surface area contributed by atoms with Crippen molar-refractivity contribution in [1.29, 1.82) is 0 Å². The molecule has 0 spiro atoms. The van der Waals surface area contributed by atoms with Crippen molar-refractivity contribution in [2.75, 3.05) is 18.0 Å². The van der Waals surface area contributed by atoms with E-state index >= 15 is 0 Å². The predicted molar refractivity (Wildman–Crippen MR) is 109 cm³/mol. The van der Waals surface area contributed by atoms with Gasteiger partial charge in [0.25, 0.3) is 0 Å². The van der Waals surface area contributed by atoms with Crippen molar-refractivity contribution in [1.82, 2.24) is 19.6 Å². The van der Waals surface area contributed by atoms with Crippen LogP contribution in [0.3, 0.4) is 0 Å². The molecule has 1 aromatic carbocycles. The van der Waals surface area contributed by atoms with Gasteiger partial charge in [0.2, 0.25) is 5.95 Å². The molecule has 2 aromatic heterocycles. The summed E-state index contributed by atoms with van der Waals surface area (Å²) in [5.41, 5.74) is 3.43. The van der Waals surface area contributed by atoms with E-state index in [1.165, 1.54) is 0 Å². The Morgan fingerprint density at radius 1 is 1.12 bits per heavy atom. The summed E-state index contributed by atoms with van der Waals surface area (Å²) < 4.78 is 1.84. The Morgan fingerprint density at radius 3 is 2.54 bits per heavy atom. The fourth-order valence-corrected chi connectivity index (χ4v) is 3.59. The second-order valence-corrected chi connectivity index (χ2v) is 7.17. The van der Waals surface area contributed by atoms with E-state index in [4.69, 9.17) is 28.3 Å². The molecule has 2 heterocycles. The summed E-state index contributed by atoms with van der Waals surface area (Å²) in [4.78, 5) is 11.6. The summed E-state index contributed by atoms with van der Waals surface area (Å²) in [5.74, 6) is 1.54. The van der Waals surface area contributed by atoms with Crippen LogP contribution in [0.2, 0.25) is 10.0 Å². The van der Waals surface area contributed by atoms with Crippen LogP contribution in [0, 0.1) is 13.8 Å². The fourth-order valence-electron chi connectivity index (χ4n) is 3.09. The van der Waals surface area contributed by atoms with Crippen molar-refractivity contribution in [2.45, 2.75) is 40.5 Å². The van der Waals surface area contributed by atoms with Gasteiger partial charge in [0, 0.05) is 23.7 Å². The number of benzene rings is 1. The highest BCUT2D eigenvalue weighted by Gasteiger charge is 2.21. The van der Waals surface area contributed by atoms with Gasteiger partial charge in [-0.3, -0.25) is 0 Å². The van der Waals surface area contributed by atoms with Crippen molar-refractivity contribution in [3.8, 4) is 11.1 Å². The highest BCUT2D eigenvalue weighted by Crippen LogP contribution is 2.35. The number of anilines is 1. The zero-order valence-corrected chi connectivity index (χ0v) is 17.1. The average molecular weight is 392 g/mol. The number of aryl methyl sites for hydroxylation is 2. The quantitative estimate of drug-likeness (QED) is 0.568. The Morgan fingerprint density at radius 2 is 1.88 bits per heavy atom. The Balaban J connectivity index is 2.23. The monoisotopic (exact) mass is 391 g/mol. The Labute approximate surface area is 164 Å². The molecule has 0 aliphatic carbocycles. The van der Waals surface area contributed by atoms with Crippen LogP contribution in [0.15, 0.2) is 18.2 Å². The standard InChI is InChI=1S/C19H23Cl2N5/c1-5-7-10-25(6-2)19-23-13(4)22-18-17(12(3)24-26(18)19)15-9-8-14(20)11-16(15)21/h8-9,11H,5-7,10H2,1-4H3. The first-order valence-electron chi connectivity index (χ1n) is 8.90. The fraction of sp³-hybridized carbons (Fsp3) is 0.421. The lowest BCUT2D eigenvalue weighted by Crippen LogP contribution is -2.28. The van der Waals surface area contributed by atoms with Crippen LogP contribution in [-0.2, 0) is 0 Å². The summed E-state index contributed by atoms with van der Waals surface area (Å²) in [5, 5.41) is 5.93. The van der Waals surface area contributed by atoms with Crippen LogP contribution in [-0.4, -0.2) is 32.7 Å². The molecule has 0 saturated heterocycles. The second kappa shape index (κ2) is 7.80. The molecular formula is C19H23Cl2N5. The largest absolute Gasteiger partial charge is 0.341 e. The van der Waals surface area contributed by atoms with Crippen LogP contribution in [0.4, 0.5) is 5.95 Å². The highest BCUT2D eigenvalue weighted by atomic mass is 35.5. The lowest BCUT2D eigenvalue weighted by atomic mass is 10.1. The van der Waals surface area contributed by atoms with E-state index in [2.05, 4.69) is 28.7 Å². The molecular weight excluding hydrogens is 369 g/mol. The number of unbranched alkanes of at least 4 members (excludes halogenated alkanes) is 1. The third-order valence-corrected chi connectivity index (χ3v) is 4.95. The number of nitrogens with zero attached hydrogens (tertiary/aromatic N) is 5. The van der Waals surface area contributed by atoms with Gasteiger partial charge >= 0.3 is 0 Å². The summed E-state index contributed by atoms with van der Waals surface area (Å²) in [7, 11) is 0. The first-order valence-corrected chi connectivity index (χ1v) is 9.66. The third kappa shape index (κ3) is 3.51. The van der Waals surface area contributed by atoms with Crippen molar-refractivity contribution in [3.05, 3.63) is 39.8 Å². The van der Waals surface area contributed by atoms with Gasteiger partial charge in [-0.1, -0.05) is 42.6 Å². The summed E-state index contributed by atoms with van der Waals surface area (Å²) >= 11 is 12.5. The van der Waals surface area contributed by atoms with Crippen molar-refractivity contribution >= 4 is 34.8 Å². The Bertz CT molecular complexity index is 935. The second-order valence-electron chi connectivity index (χ2n) is 6.32. The first-order chi connectivity index (χ1) is 12.5. The van der Waals surface area contributed by atoms with Gasteiger partial charge < -0.3 is 4.90 Å². The van der Waals surface area contributed by atoms with Crippen molar-refractivity contribution in [2.24, 2.45) is 0 Å². The molecule has 0 saturated carbocycles. The van der Waals surface area contributed by atoms with Crippen LogP contribution >= 0.6 is 23.2 Å². The first kappa shape index (κ1) is 18.9. The highest BCUT2D eigenvalue weighted by molar-refractivity contribution is 6.36. The maximum absolute atomic E-state index is 6.46. The van der Waals surface area contributed by atoms with Crippen LogP contribution in [0.25, 0.3) is 16.8 Å². The summed E-state index contributed by atoms with van der Waals surface area (Å²) in [6.45, 7) is 10.00. The molecule has 5 nitrogen and oxygen atoms in total. The molecule has 0 bridgehead atoms. The molecule has 0 aliphatic heterocycles. The topological polar surface area (TPSA) is 46.3 Å². The van der Waals surface area contributed by atoms with E-state index in [0.717, 1.165) is 54.3 Å². The van der Waals surface area contributed by atoms with Gasteiger partial charge in [-0.05, 0) is 39.3 Å². The lowest BCUT2D eigenvalue weighted by molar-refractivity contribution is 0.689. The van der Waals surface area contributed by atoms with E-state index in [0.29, 0.717) is 15.9 Å². The van der Waals surface area contributed by atoms with E-state index in [1.807, 2.05) is 30.5 Å². The summed E-state index contributed by atoms with van der Waals surface area (Å²) in [6.07, 6.45) is 2.24. The number of hydrogen-bond donors (Lipinski definition) is 0. The molecule has 7 heteroatoms. The summed E-state index contributed by atoms with van der Waals surface area (Å²) in [6, 6.07) is 5.50. The zero-order valence-electron chi connectivity index (χ0n) is 15.6. The van der Waals surface area contributed by atoms with Gasteiger partial charge in [-0.15, -0.1) is 0 Å². The minimum atomic E-state index is 0.589. The SMILES string of the molecule is CCCCN(CC)c1nc(C)nc2c(-c3ccc(Cl)cc3Cl)c(C)nn12. The van der Waals surface area contributed by atoms with Crippen LogP contribution in [0.1, 0.15) is 38.2 Å². The molecule has 0 atom stereocenters. The normalized spacial score (nSPS) is 11.3. The van der Waals surface area contributed by atoms with E-state index in [1.54, 1.807) is 6.07 Å². The Hall–Kier alpha value is -1.85. The lowest BCUT2D eigenvalue weighted by Gasteiger charge is -2.22. The predicted octanol–water partition coefficient (Wildman–Crippen LogP) is 5.34. The van der Waals surface area contributed by atoms with Crippen molar-refractivity contribution < 1.29 is 0 Å². The molecule has 0 aliphatic rings. The van der Waals surface area contributed by atoms with Crippen molar-refractivity contribution in [3.63, 3.8) is 0 Å². The zero-order chi connectivity index (χ0) is 18.8. The molecule has 0 unspecified atom stereocenters. The minimum Gasteiger partial charge on any atom is -0.341 e. The molecule has 3 rings (SSSR count). The molecule has 0 radical (unpaired) electrons. The number of hydrogen-bond acceptors (Lipinski definition) is 4. The maximum Gasteiger partial charge on any atom is 0.230 e. The van der Waals surface area contributed by atoms with E-state index in [9.17, 15) is 0 Å². The molecule has 138 valence electrons. The maximum atomic E-state index is 6.46. The van der Waals surface area contributed by atoms with Gasteiger partial charge in [0.1, 0.15) is 5.82 Å². The molecule has 0 fully saturated rings.